The van der Waals surface area contributed by atoms with Gasteiger partial charge in [0.05, 0.1) is 0 Å². The molecule has 0 fully saturated rings. The number of fused-ring (bicyclic) bond motifs is 1. The first-order valence-corrected chi connectivity index (χ1v) is 5.64. The lowest BCUT2D eigenvalue weighted by Crippen LogP contribution is -2.04. The van der Waals surface area contributed by atoms with E-state index in [-0.39, 0.29) is 0 Å². The second-order valence-corrected chi connectivity index (χ2v) is 4.24. The molecule has 0 aliphatic carbocycles. The van der Waals surface area contributed by atoms with Crippen molar-refractivity contribution in [3.63, 3.8) is 0 Å². The summed E-state index contributed by atoms with van der Waals surface area (Å²) in [6, 6.07) is 11.9. The van der Waals surface area contributed by atoms with Crippen LogP contribution in [0.25, 0.3) is 10.8 Å². The van der Waals surface area contributed by atoms with Crippen molar-refractivity contribution >= 4 is 10.8 Å². The van der Waals surface area contributed by atoms with Crippen molar-refractivity contribution in [2.75, 3.05) is 6.54 Å². The molecular formula is C14H17NO. The van der Waals surface area contributed by atoms with Gasteiger partial charge in [-0.25, -0.2) is 0 Å². The van der Waals surface area contributed by atoms with Gasteiger partial charge in [-0.1, -0.05) is 31.2 Å². The number of rotatable bonds is 3. The van der Waals surface area contributed by atoms with Gasteiger partial charge in [0.25, 0.3) is 0 Å². The second kappa shape index (κ2) is 4.54. The van der Waals surface area contributed by atoms with E-state index < -0.39 is 0 Å². The monoisotopic (exact) mass is 215 g/mol. The number of aromatic hydroxyl groups is 1. The SMILES string of the molecule is CC(CCN)c1cc2ccccc2cc1O. The van der Waals surface area contributed by atoms with E-state index in [4.69, 9.17) is 5.73 Å². The predicted octanol–water partition coefficient (Wildman–Crippen LogP) is 3.00. The fourth-order valence-electron chi connectivity index (χ4n) is 2.05. The zero-order valence-corrected chi connectivity index (χ0v) is 9.48. The van der Waals surface area contributed by atoms with Crippen LogP contribution in [-0.2, 0) is 0 Å². The molecule has 0 bridgehead atoms. The van der Waals surface area contributed by atoms with Gasteiger partial charge in [0.15, 0.2) is 0 Å². The Kier molecular flexibility index (Phi) is 3.11. The van der Waals surface area contributed by atoms with Crippen molar-refractivity contribution in [1.82, 2.24) is 0 Å². The summed E-state index contributed by atoms with van der Waals surface area (Å²) < 4.78 is 0. The zero-order valence-electron chi connectivity index (χ0n) is 9.48. The van der Waals surface area contributed by atoms with Crippen molar-refractivity contribution in [2.24, 2.45) is 5.73 Å². The summed E-state index contributed by atoms with van der Waals surface area (Å²) in [7, 11) is 0. The molecule has 0 aliphatic rings. The van der Waals surface area contributed by atoms with Crippen LogP contribution >= 0.6 is 0 Å². The zero-order chi connectivity index (χ0) is 11.5. The number of hydrogen-bond donors (Lipinski definition) is 2. The quantitative estimate of drug-likeness (QED) is 0.826. The van der Waals surface area contributed by atoms with Crippen LogP contribution in [0.15, 0.2) is 36.4 Å². The van der Waals surface area contributed by atoms with Gasteiger partial charge >= 0.3 is 0 Å². The first-order chi connectivity index (χ1) is 7.72. The Morgan fingerprint density at radius 3 is 2.44 bits per heavy atom. The van der Waals surface area contributed by atoms with Crippen molar-refractivity contribution < 1.29 is 5.11 Å². The second-order valence-electron chi connectivity index (χ2n) is 4.24. The average molecular weight is 215 g/mol. The van der Waals surface area contributed by atoms with Gasteiger partial charge in [0.2, 0.25) is 0 Å². The highest BCUT2D eigenvalue weighted by Crippen LogP contribution is 2.31. The average Bonchev–Trinajstić information content (AvgIpc) is 2.28. The minimum Gasteiger partial charge on any atom is -0.508 e. The Morgan fingerprint density at radius 1 is 1.19 bits per heavy atom. The summed E-state index contributed by atoms with van der Waals surface area (Å²) in [5, 5.41) is 12.2. The molecule has 2 aromatic rings. The van der Waals surface area contributed by atoms with E-state index >= 15 is 0 Å². The molecule has 0 spiro atoms. The van der Waals surface area contributed by atoms with E-state index in [1.165, 1.54) is 5.39 Å². The Hall–Kier alpha value is -1.54. The Labute approximate surface area is 95.7 Å². The molecule has 0 saturated heterocycles. The lowest BCUT2D eigenvalue weighted by molar-refractivity contribution is 0.462. The summed E-state index contributed by atoms with van der Waals surface area (Å²) in [6.45, 7) is 2.74. The number of phenolic OH excluding ortho intramolecular Hbond substituents is 1. The summed E-state index contributed by atoms with van der Waals surface area (Å²) in [6.07, 6.45) is 0.895. The lowest BCUT2D eigenvalue weighted by atomic mass is 9.94. The maximum absolute atomic E-state index is 9.96. The third kappa shape index (κ3) is 2.02. The fourth-order valence-corrected chi connectivity index (χ4v) is 2.05. The topological polar surface area (TPSA) is 46.2 Å². The van der Waals surface area contributed by atoms with Crippen LogP contribution in [0.3, 0.4) is 0 Å². The van der Waals surface area contributed by atoms with E-state index in [1.54, 1.807) is 0 Å². The van der Waals surface area contributed by atoms with Gasteiger partial charge in [0, 0.05) is 0 Å². The van der Waals surface area contributed by atoms with Crippen LogP contribution in [0.5, 0.6) is 5.75 Å². The first-order valence-electron chi connectivity index (χ1n) is 5.64. The Bertz CT molecular complexity index is 493. The van der Waals surface area contributed by atoms with Gasteiger partial charge < -0.3 is 10.8 Å². The standard InChI is InChI=1S/C14H17NO/c1-10(6-7-15)13-8-11-4-2-3-5-12(11)9-14(13)16/h2-5,8-10,16H,6-7,15H2,1H3. The van der Waals surface area contributed by atoms with Crippen molar-refractivity contribution in [2.45, 2.75) is 19.3 Å². The smallest absolute Gasteiger partial charge is 0.119 e. The van der Waals surface area contributed by atoms with Crippen molar-refractivity contribution in [3.05, 3.63) is 42.0 Å². The third-order valence-electron chi connectivity index (χ3n) is 3.03. The molecule has 16 heavy (non-hydrogen) atoms. The molecule has 1 atom stereocenters. The van der Waals surface area contributed by atoms with E-state index in [0.29, 0.717) is 18.2 Å². The van der Waals surface area contributed by atoms with E-state index in [9.17, 15) is 5.11 Å². The number of nitrogens with two attached hydrogens (primary N) is 1. The molecule has 3 N–H and O–H groups in total. The molecule has 2 heteroatoms. The highest BCUT2D eigenvalue weighted by molar-refractivity contribution is 5.85. The van der Waals surface area contributed by atoms with E-state index in [0.717, 1.165) is 17.4 Å². The summed E-state index contributed by atoms with van der Waals surface area (Å²) in [5.41, 5.74) is 6.54. The molecule has 0 radical (unpaired) electrons. The maximum Gasteiger partial charge on any atom is 0.119 e. The highest BCUT2D eigenvalue weighted by Gasteiger charge is 2.10. The molecule has 0 amide bonds. The van der Waals surface area contributed by atoms with Crippen LogP contribution in [-0.4, -0.2) is 11.7 Å². The molecular weight excluding hydrogens is 198 g/mol. The molecule has 84 valence electrons. The van der Waals surface area contributed by atoms with Crippen LogP contribution in [0.2, 0.25) is 0 Å². The lowest BCUT2D eigenvalue weighted by Gasteiger charge is -2.13. The van der Waals surface area contributed by atoms with Gasteiger partial charge in [-0.3, -0.25) is 0 Å². The maximum atomic E-state index is 9.96. The van der Waals surface area contributed by atoms with Crippen molar-refractivity contribution in [3.8, 4) is 5.75 Å². The molecule has 2 nitrogen and oxygen atoms in total. The van der Waals surface area contributed by atoms with E-state index in [1.807, 2.05) is 24.3 Å². The number of hydrogen-bond acceptors (Lipinski definition) is 2. The van der Waals surface area contributed by atoms with Gasteiger partial charge in [-0.2, -0.15) is 0 Å². The van der Waals surface area contributed by atoms with Gasteiger partial charge in [0.1, 0.15) is 5.75 Å². The minimum absolute atomic E-state index is 0.301. The fraction of sp³-hybridized carbons (Fsp3) is 0.286. The minimum atomic E-state index is 0.301. The van der Waals surface area contributed by atoms with Crippen molar-refractivity contribution in [1.29, 1.82) is 0 Å². The van der Waals surface area contributed by atoms with E-state index in [2.05, 4.69) is 19.1 Å². The van der Waals surface area contributed by atoms with Crippen LogP contribution in [0, 0.1) is 0 Å². The number of benzene rings is 2. The molecule has 0 aromatic heterocycles. The molecule has 1 unspecified atom stereocenters. The molecule has 0 aliphatic heterocycles. The van der Waals surface area contributed by atoms with Crippen LogP contribution in [0.1, 0.15) is 24.8 Å². The molecule has 2 rings (SSSR count). The Balaban J connectivity index is 2.49. The predicted molar refractivity (Wildman–Crippen MR) is 67.7 cm³/mol. The highest BCUT2D eigenvalue weighted by atomic mass is 16.3. The Morgan fingerprint density at radius 2 is 1.81 bits per heavy atom. The summed E-state index contributed by atoms with van der Waals surface area (Å²) in [5.74, 6) is 0.675. The largest absolute Gasteiger partial charge is 0.508 e. The normalized spacial score (nSPS) is 12.9. The van der Waals surface area contributed by atoms with Gasteiger partial charge in [-0.15, -0.1) is 0 Å². The molecule has 0 saturated carbocycles. The third-order valence-corrected chi connectivity index (χ3v) is 3.03. The summed E-state index contributed by atoms with van der Waals surface area (Å²) in [4.78, 5) is 0. The first kappa shape index (κ1) is 11.0. The van der Waals surface area contributed by atoms with Crippen LogP contribution in [0.4, 0.5) is 0 Å². The number of phenols is 1. The van der Waals surface area contributed by atoms with Gasteiger partial charge in [-0.05, 0) is 47.4 Å². The molecule has 0 heterocycles. The summed E-state index contributed by atoms with van der Waals surface area (Å²) >= 11 is 0. The molecule has 2 aromatic carbocycles. The van der Waals surface area contributed by atoms with Crippen LogP contribution < -0.4 is 5.73 Å².